The Morgan fingerprint density at radius 2 is 2.19 bits per heavy atom. The van der Waals surface area contributed by atoms with Crippen LogP contribution in [0.15, 0.2) is 18.2 Å². The molecule has 2 rings (SSSR count). The van der Waals surface area contributed by atoms with Crippen molar-refractivity contribution in [2.45, 2.75) is 18.9 Å². The van der Waals surface area contributed by atoms with Gasteiger partial charge < -0.3 is 10.6 Å². The van der Waals surface area contributed by atoms with Gasteiger partial charge in [-0.3, -0.25) is 4.79 Å². The van der Waals surface area contributed by atoms with E-state index >= 15 is 0 Å². The second kappa shape index (κ2) is 5.81. The van der Waals surface area contributed by atoms with Crippen LogP contribution in [0.1, 0.15) is 13.3 Å². The lowest BCUT2D eigenvalue weighted by Crippen LogP contribution is -2.48. The number of benzene rings is 1. The first-order chi connectivity index (χ1) is 9.69. The summed E-state index contributed by atoms with van der Waals surface area (Å²) in [6.45, 7) is 1.53. The molecule has 0 radical (unpaired) electrons. The van der Waals surface area contributed by atoms with E-state index < -0.39 is 27.1 Å². The second-order valence-electron chi connectivity index (χ2n) is 5.43. The molecule has 1 aliphatic heterocycles. The first-order valence-electron chi connectivity index (χ1n) is 6.40. The average molecular weight is 335 g/mol. The zero-order valence-electron chi connectivity index (χ0n) is 11.4. The molecule has 0 bridgehead atoms. The van der Waals surface area contributed by atoms with Crippen molar-refractivity contribution in [3.8, 4) is 0 Å². The minimum absolute atomic E-state index is 0.0696. The Morgan fingerprint density at radius 3 is 2.81 bits per heavy atom. The summed E-state index contributed by atoms with van der Waals surface area (Å²) in [4.78, 5) is 11.9. The largest absolute Gasteiger partial charge is 0.374 e. The van der Waals surface area contributed by atoms with Crippen LogP contribution < -0.4 is 10.6 Å². The van der Waals surface area contributed by atoms with Gasteiger partial charge in [-0.1, -0.05) is 11.6 Å². The van der Waals surface area contributed by atoms with Crippen LogP contribution in [0.5, 0.6) is 0 Å². The molecule has 5 nitrogen and oxygen atoms in total. The molecule has 116 valence electrons. The molecule has 0 aliphatic carbocycles. The smallest absolute Gasteiger partial charge is 0.239 e. The van der Waals surface area contributed by atoms with Crippen molar-refractivity contribution < 1.29 is 17.6 Å². The van der Waals surface area contributed by atoms with Gasteiger partial charge in [-0.2, -0.15) is 0 Å². The minimum Gasteiger partial charge on any atom is -0.374 e. The van der Waals surface area contributed by atoms with Crippen LogP contribution in [0, 0.1) is 5.82 Å². The summed E-state index contributed by atoms with van der Waals surface area (Å²) in [6.07, 6.45) is 0.382. The number of nitrogens with one attached hydrogen (secondary N) is 2. The van der Waals surface area contributed by atoms with Gasteiger partial charge in [0, 0.05) is 5.02 Å². The van der Waals surface area contributed by atoms with Crippen LogP contribution >= 0.6 is 11.6 Å². The van der Waals surface area contributed by atoms with Crippen molar-refractivity contribution in [1.82, 2.24) is 5.32 Å². The molecule has 1 fully saturated rings. The highest BCUT2D eigenvalue weighted by molar-refractivity contribution is 7.91. The van der Waals surface area contributed by atoms with Gasteiger partial charge in [0.05, 0.1) is 29.3 Å². The highest BCUT2D eigenvalue weighted by Crippen LogP contribution is 2.23. The van der Waals surface area contributed by atoms with E-state index in [1.165, 1.54) is 18.2 Å². The van der Waals surface area contributed by atoms with E-state index in [4.69, 9.17) is 11.6 Å². The summed E-state index contributed by atoms with van der Waals surface area (Å²) in [7, 11) is -3.09. The molecule has 1 aromatic rings. The molecule has 21 heavy (non-hydrogen) atoms. The van der Waals surface area contributed by atoms with Crippen LogP contribution in [0.4, 0.5) is 10.1 Å². The molecule has 0 spiro atoms. The molecule has 1 atom stereocenters. The number of hydrogen-bond donors (Lipinski definition) is 2. The molecule has 1 unspecified atom stereocenters. The van der Waals surface area contributed by atoms with Crippen molar-refractivity contribution in [3.05, 3.63) is 29.0 Å². The van der Waals surface area contributed by atoms with Crippen molar-refractivity contribution in [1.29, 1.82) is 0 Å². The molecular formula is C13H16ClFN2O3S. The Labute approximate surface area is 127 Å². The maximum absolute atomic E-state index is 13.5. The summed E-state index contributed by atoms with van der Waals surface area (Å²) in [5, 5.41) is 5.68. The third-order valence-corrected chi connectivity index (χ3v) is 5.45. The Morgan fingerprint density at radius 1 is 1.48 bits per heavy atom. The molecule has 1 amide bonds. The minimum atomic E-state index is -3.09. The van der Waals surface area contributed by atoms with Gasteiger partial charge in [-0.25, -0.2) is 12.8 Å². The topological polar surface area (TPSA) is 75.3 Å². The molecule has 0 saturated carbocycles. The van der Waals surface area contributed by atoms with Crippen molar-refractivity contribution in [3.63, 3.8) is 0 Å². The number of rotatable bonds is 4. The monoisotopic (exact) mass is 334 g/mol. The zero-order chi connectivity index (χ0) is 15.7. The normalized spacial score (nSPS) is 23.8. The fourth-order valence-electron chi connectivity index (χ4n) is 2.30. The van der Waals surface area contributed by atoms with E-state index in [0.29, 0.717) is 11.4 Å². The molecular weight excluding hydrogens is 319 g/mol. The van der Waals surface area contributed by atoms with Crippen LogP contribution in [0.3, 0.4) is 0 Å². The SMILES string of the molecule is CC1(NC(=O)CNc2cc(Cl)ccc2F)CCS(=O)(=O)C1. The van der Waals surface area contributed by atoms with Gasteiger partial charge in [0.2, 0.25) is 5.91 Å². The third kappa shape index (κ3) is 4.31. The van der Waals surface area contributed by atoms with E-state index in [1.807, 2.05) is 0 Å². The molecule has 0 aromatic heterocycles. The van der Waals surface area contributed by atoms with E-state index in [-0.39, 0.29) is 23.7 Å². The summed E-state index contributed by atoms with van der Waals surface area (Å²) >= 11 is 5.75. The Hall–Kier alpha value is -1.34. The number of halogens is 2. The number of hydrogen-bond acceptors (Lipinski definition) is 4. The van der Waals surface area contributed by atoms with Crippen LogP contribution in [0.2, 0.25) is 5.02 Å². The summed E-state index contributed by atoms with van der Waals surface area (Å²) in [5.74, 6) is -0.909. The quantitative estimate of drug-likeness (QED) is 0.876. The number of amides is 1. The summed E-state index contributed by atoms with van der Waals surface area (Å²) in [6, 6.07) is 3.99. The van der Waals surface area contributed by atoms with Gasteiger partial charge in [-0.15, -0.1) is 0 Å². The molecule has 2 N–H and O–H groups in total. The molecule has 1 aliphatic rings. The number of carbonyl (C=O) groups excluding carboxylic acids is 1. The predicted octanol–water partition coefficient (Wildman–Crippen LogP) is 1.58. The van der Waals surface area contributed by atoms with Crippen molar-refractivity contribution in [2.24, 2.45) is 0 Å². The number of anilines is 1. The molecule has 1 heterocycles. The Kier molecular flexibility index (Phi) is 4.43. The van der Waals surface area contributed by atoms with E-state index in [9.17, 15) is 17.6 Å². The third-order valence-electron chi connectivity index (χ3n) is 3.31. The molecule has 1 aromatic carbocycles. The zero-order valence-corrected chi connectivity index (χ0v) is 13.0. The lowest BCUT2D eigenvalue weighted by Gasteiger charge is -2.24. The van der Waals surface area contributed by atoms with Gasteiger partial charge in [0.15, 0.2) is 9.84 Å². The average Bonchev–Trinajstić information content (AvgIpc) is 2.64. The van der Waals surface area contributed by atoms with Gasteiger partial charge in [-0.05, 0) is 31.5 Å². The highest BCUT2D eigenvalue weighted by atomic mass is 35.5. The van der Waals surface area contributed by atoms with Crippen molar-refractivity contribution >= 4 is 33.0 Å². The lowest BCUT2D eigenvalue weighted by atomic mass is 10.0. The van der Waals surface area contributed by atoms with Crippen LogP contribution in [-0.4, -0.2) is 37.9 Å². The second-order valence-corrected chi connectivity index (χ2v) is 8.05. The standard InChI is InChI=1S/C13H16ClFN2O3S/c1-13(4-5-21(19,20)8-13)17-12(18)7-16-11-6-9(14)2-3-10(11)15/h2-3,6,16H,4-5,7-8H2,1H3,(H,17,18). The van der Waals surface area contributed by atoms with Crippen molar-refractivity contribution in [2.75, 3.05) is 23.4 Å². The summed E-state index contributed by atoms with van der Waals surface area (Å²) in [5.41, 5.74) is -0.633. The van der Waals surface area contributed by atoms with E-state index in [1.54, 1.807) is 6.92 Å². The number of sulfone groups is 1. The fourth-order valence-corrected chi connectivity index (χ4v) is 4.56. The Balaban J connectivity index is 1.92. The molecule has 8 heteroatoms. The first kappa shape index (κ1) is 16.0. The van der Waals surface area contributed by atoms with Gasteiger partial charge >= 0.3 is 0 Å². The van der Waals surface area contributed by atoms with Crippen LogP contribution in [0.25, 0.3) is 0 Å². The number of carbonyl (C=O) groups is 1. The first-order valence-corrected chi connectivity index (χ1v) is 8.59. The van der Waals surface area contributed by atoms with E-state index in [2.05, 4.69) is 10.6 Å². The maximum Gasteiger partial charge on any atom is 0.239 e. The van der Waals surface area contributed by atoms with E-state index in [0.717, 1.165) is 0 Å². The Bertz CT molecular complexity index is 665. The maximum atomic E-state index is 13.5. The van der Waals surface area contributed by atoms with Gasteiger partial charge in [0.25, 0.3) is 0 Å². The highest BCUT2D eigenvalue weighted by Gasteiger charge is 2.39. The van der Waals surface area contributed by atoms with Gasteiger partial charge in [0.1, 0.15) is 5.82 Å². The fraction of sp³-hybridized carbons (Fsp3) is 0.462. The predicted molar refractivity (Wildman–Crippen MR) is 79.7 cm³/mol. The van der Waals surface area contributed by atoms with Crippen LogP contribution in [-0.2, 0) is 14.6 Å². The molecule has 1 saturated heterocycles. The summed E-state index contributed by atoms with van der Waals surface area (Å²) < 4.78 is 36.4. The lowest BCUT2D eigenvalue weighted by molar-refractivity contribution is -0.120.